The Hall–Kier alpha value is -1.95. The maximum absolute atomic E-state index is 13.4. The molecule has 0 spiro atoms. The van der Waals surface area contributed by atoms with Gasteiger partial charge in [0.2, 0.25) is 0 Å². The van der Waals surface area contributed by atoms with Crippen molar-refractivity contribution >= 4 is 0 Å². The van der Waals surface area contributed by atoms with E-state index in [2.05, 4.69) is 14.8 Å². The average Bonchev–Trinajstić information content (AvgIpc) is 2.88. The van der Waals surface area contributed by atoms with Crippen molar-refractivity contribution in [2.75, 3.05) is 0 Å². The summed E-state index contributed by atoms with van der Waals surface area (Å²) in [5.41, 5.74) is 0.565. The van der Waals surface area contributed by atoms with Gasteiger partial charge in [-0.05, 0) is 31.9 Å². The van der Waals surface area contributed by atoms with Gasteiger partial charge in [0.05, 0.1) is 6.10 Å². The number of nitrogens with zero attached hydrogens (tertiary/aromatic N) is 3. The molecule has 1 aromatic carbocycles. The number of halogens is 1. The molecule has 1 aromatic heterocycles. The van der Waals surface area contributed by atoms with Gasteiger partial charge >= 0.3 is 0 Å². The van der Waals surface area contributed by atoms with E-state index in [0.29, 0.717) is 11.3 Å². The molecule has 0 fully saturated rings. The number of ether oxygens (including phenoxy) is 1. The van der Waals surface area contributed by atoms with Gasteiger partial charge in [-0.1, -0.05) is 0 Å². The lowest BCUT2D eigenvalue weighted by molar-refractivity contribution is 0.188. The van der Waals surface area contributed by atoms with E-state index in [1.54, 1.807) is 6.92 Å². The fourth-order valence-electron chi connectivity index (χ4n) is 2.60. The molecule has 5 nitrogen and oxygen atoms in total. The molecule has 1 atom stereocenters. The zero-order valence-corrected chi connectivity index (χ0v) is 11.9. The van der Waals surface area contributed by atoms with E-state index in [9.17, 15) is 9.50 Å². The van der Waals surface area contributed by atoms with E-state index in [1.165, 1.54) is 18.2 Å². The predicted molar refractivity (Wildman–Crippen MR) is 74.3 cm³/mol. The van der Waals surface area contributed by atoms with Crippen LogP contribution in [0.4, 0.5) is 4.39 Å². The van der Waals surface area contributed by atoms with Crippen LogP contribution in [0.5, 0.6) is 5.75 Å². The molecular formula is C15H18FN3O2. The summed E-state index contributed by atoms with van der Waals surface area (Å²) in [5.74, 6) is 1.68. The summed E-state index contributed by atoms with van der Waals surface area (Å²) in [4.78, 5) is 0. The highest BCUT2D eigenvalue weighted by molar-refractivity contribution is 5.35. The molecule has 1 unspecified atom stereocenters. The minimum Gasteiger partial charge on any atom is -0.485 e. The van der Waals surface area contributed by atoms with Gasteiger partial charge in [-0.3, -0.25) is 0 Å². The van der Waals surface area contributed by atoms with Crippen LogP contribution in [0.25, 0.3) is 0 Å². The molecule has 2 aromatic rings. The zero-order chi connectivity index (χ0) is 14.8. The molecule has 0 saturated carbocycles. The van der Waals surface area contributed by atoms with Crippen LogP contribution in [0, 0.1) is 5.82 Å². The van der Waals surface area contributed by atoms with E-state index >= 15 is 0 Å². The third kappa shape index (κ3) is 2.90. The Morgan fingerprint density at radius 3 is 3.05 bits per heavy atom. The molecule has 3 rings (SSSR count). The number of fused-ring (bicyclic) bond motifs is 1. The molecule has 2 heterocycles. The molecule has 0 saturated heterocycles. The first-order chi connectivity index (χ1) is 10.1. The summed E-state index contributed by atoms with van der Waals surface area (Å²) in [5, 5.41) is 18.0. The number of aliphatic hydroxyl groups excluding tert-OH is 1. The summed E-state index contributed by atoms with van der Waals surface area (Å²) < 4.78 is 21.1. The van der Waals surface area contributed by atoms with Crippen LogP contribution in [0.2, 0.25) is 0 Å². The third-order valence-electron chi connectivity index (χ3n) is 3.72. The average molecular weight is 291 g/mol. The molecule has 1 N–H and O–H groups in total. The van der Waals surface area contributed by atoms with Crippen molar-refractivity contribution in [2.24, 2.45) is 0 Å². The summed E-state index contributed by atoms with van der Waals surface area (Å²) in [6, 6.07) is 4.14. The Kier molecular flexibility index (Phi) is 3.88. The second-order valence-corrected chi connectivity index (χ2v) is 5.29. The molecule has 112 valence electrons. The maximum Gasteiger partial charge on any atom is 0.171 e. The Morgan fingerprint density at radius 1 is 1.38 bits per heavy atom. The highest BCUT2D eigenvalue weighted by Crippen LogP contribution is 2.27. The molecule has 0 aliphatic carbocycles. The van der Waals surface area contributed by atoms with Gasteiger partial charge in [0.1, 0.15) is 24.0 Å². The standard InChI is InChI=1S/C15H18FN3O2/c1-10(20)12-6-5-11(16)8-13(12)21-9-15-18-17-14-4-2-3-7-19(14)15/h5-6,8,10,20H,2-4,7,9H2,1H3. The fraction of sp³-hybridized carbons (Fsp3) is 0.467. The SMILES string of the molecule is CC(O)c1ccc(F)cc1OCc1nnc2n1CCCC2. The van der Waals surface area contributed by atoms with E-state index < -0.39 is 11.9 Å². The van der Waals surface area contributed by atoms with E-state index in [-0.39, 0.29) is 6.61 Å². The van der Waals surface area contributed by atoms with Gasteiger partial charge < -0.3 is 14.4 Å². The summed E-state index contributed by atoms with van der Waals surface area (Å²) in [6.07, 6.45) is 2.46. The minimum atomic E-state index is -0.715. The van der Waals surface area contributed by atoms with Crippen LogP contribution < -0.4 is 4.74 Å². The van der Waals surface area contributed by atoms with Crippen LogP contribution in [0.3, 0.4) is 0 Å². The van der Waals surface area contributed by atoms with Crippen LogP contribution in [-0.2, 0) is 19.6 Å². The summed E-state index contributed by atoms with van der Waals surface area (Å²) in [6.45, 7) is 2.74. The smallest absolute Gasteiger partial charge is 0.171 e. The first kappa shape index (κ1) is 14.0. The second-order valence-electron chi connectivity index (χ2n) is 5.29. The van der Waals surface area contributed by atoms with Crippen molar-refractivity contribution in [3.63, 3.8) is 0 Å². The number of aromatic nitrogens is 3. The number of hydrogen-bond acceptors (Lipinski definition) is 4. The second kappa shape index (κ2) is 5.81. The molecule has 21 heavy (non-hydrogen) atoms. The lowest BCUT2D eigenvalue weighted by Gasteiger charge is -2.16. The van der Waals surface area contributed by atoms with Crippen molar-refractivity contribution in [2.45, 2.75) is 45.4 Å². The van der Waals surface area contributed by atoms with Crippen molar-refractivity contribution in [1.82, 2.24) is 14.8 Å². The molecule has 0 bridgehead atoms. The number of benzene rings is 1. The topological polar surface area (TPSA) is 60.2 Å². The number of aryl methyl sites for hydroxylation is 1. The molecule has 6 heteroatoms. The van der Waals surface area contributed by atoms with Gasteiger partial charge in [-0.15, -0.1) is 10.2 Å². The van der Waals surface area contributed by atoms with Gasteiger partial charge in [0.15, 0.2) is 5.82 Å². The monoisotopic (exact) mass is 291 g/mol. The predicted octanol–water partition coefficient (Wildman–Crippen LogP) is 2.39. The van der Waals surface area contributed by atoms with Crippen LogP contribution in [0.1, 0.15) is 43.1 Å². The van der Waals surface area contributed by atoms with Crippen molar-refractivity contribution < 1.29 is 14.2 Å². The third-order valence-corrected chi connectivity index (χ3v) is 3.72. The van der Waals surface area contributed by atoms with Gasteiger partial charge in [0.25, 0.3) is 0 Å². The van der Waals surface area contributed by atoms with Crippen LogP contribution >= 0.6 is 0 Å². The Balaban J connectivity index is 1.79. The lowest BCUT2D eigenvalue weighted by Crippen LogP contribution is -2.14. The Morgan fingerprint density at radius 2 is 2.24 bits per heavy atom. The number of rotatable bonds is 4. The number of aliphatic hydroxyl groups is 1. The Bertz CT molecular complexity index is 640. The molecule has 1 aliphatic rings. The molecule has 0 amide bonds. The van der Waals surface area contributed by atoms with Crippen molar-refractivity contribution in [3.05, 3.63) is 41.2 Å². The highest BCUT2D eigenvalue weighted by atomic mass is 19.1. The normalized spacial score (nSPS) is 15.6. The van der Waals surface area contributed by atoms with E-state index in [4.69, 9.17) is 4.74 Å². The maximum atomic E-state index is 13.4. The van der Waals surface area contributed by atoms with Crippen molar-refractivity contribution in [3.8, 4) is 5.75 Å². The Labute approximate surface area is 122 Å². The molecule has 0 radical (unpaired) electrons. The first-order valence-corrected chi connectivity index (χ1v) is 7.16. The summed E-state index contributed by atoms with van der Waals surface area (Å²) in [7, 11) is 0. The van der Waals surface area contributed by atoms with Gasteiger partial charge in [-0.2, -0.15) is 0 Å². The van der Waals surface area contributed by atoms with E-state index in [1.807, 2.05) is 0 Å². The molecule has 1 aliphatic heterocycles. The molecular weight excluding hydrogens is 273 g/mol. The van der Waals surface area contributed by atoms with Crippen LogP contribution in [-0.4, -0.2) is 19.9 Å². The van der Waals surface area contributed by atoms with Gasteiger partial charge in [0, 0.05) is 24.6 Å². The van der Waals surface area contributed by atoms with Crippen LogP contribution in [0.15, 0.2) is 18.2 Å². The van der Waals surface area contributed by atoms with Crippen molar-refractivity contribution in [1.29, 1.82) is 0 Å². The quantitative estimate of drug-likeness (QED) is 0.939. The zero-order valence-electron chi connectivity index (χ0n) is 11.9. The first-order valence-electron chi connectivity index (χ1n) is 7.16. The largest absolute Gasteiger partial charge is 0.485 e. The summed E-state index contributed by atoms with van der Waals surface area (Å²) >= 11 is 0. The highest BCUT2D eigenvalue weighted by Gasteiger charge is 2.17. The fourth-order valence-corrected chi connectivity index (χ4v) is 2.60. The lowest BCUT2D eigenvalue weighted by atomic mass is 10.1. The van der Waals surface area contributed by atoms with Gasteiger partial charge in [-0.25, -0.2) is 4.39 Å². The van der Waals surface area contributed by atoms with E-state index in [0.717, 1.165) is 37.5 Å². The number of hydrogen-bond donors (Lipinski definition) is 1. The minimum absolute atomic E-state index is 0.218.